The van der Waals surface area contributed by atoms with Gasteiger partial charge in [-0.15, -0.1) is 11.3 Å². The van der Waals surface area contributed by atoms with Crippen molar-refractivity contribution in [1.82, 2.24) is 4.98 Å². The molecular formula is C19H22NO6PS. The molecule has 0 amide bonds. The second-order valence-corrected chi connectivity index (χ2v) is 8.81. The van der Waals surface area contributed by atoms with Crippen LogP contribution in [0, 0.1) is 0 Å². The van der Waals surface area contributed by atoms with Gasteiger partial charge in [0.1, 0.15) is 12.4 Å². The van der Waals surface area contributed by atoms with E-state index in [1.54, 1.807) is 31.5 Å². The molecule has 7 nitrogen and oxygen atoms in total. The maximum Gasteiger partial charge on any atom is 0.367 e. The summed E-state index contributed by atoms with van der Waals surface area (Å²) in [7, 11) is -3.37. The van der Waals surface area contributed by atoms with E-state index in [1.807, 2.05) is 0 Å². The molecule has 0 atom stereocenters. The highest BCUT2D eigenvalue weighted by Gasteiger charge is 2.32. The third-order valence-electron chi connectivity index (χ3n) is 4.07. The Kier molecular flexibility index (Phi) is 6.67. The van der Waals surface area contributed by atoms with Crippen molar-refractivity contribution in [2.45, 2.75) is 20.3 Å². The number of hydrogen-bond acceptors (Lipinski definition) is 8. The van der Waals surface area contributed by atoms with Crippen molar-refractivity contribution in [2.75, 3.05) is 26.2 Å². The summed E-state index contributed by atoms with van der Waals surface area (Å²) in [5.74, 6) is 0.0618. The predicted molar refractivity (Wildman–Crippen MR) is 107 cm³/mol. The van der Waals surface area contributed by atoms with Gasteiger partial charge in [0, 0.05) is 16.9 Å². The number of fused-ring (bicyclic) bond motifs is 3. The zero-order valence-corrected chi connectivity index (χ0v) is 17.5. The summed E-state index contributed by atoms with van der Waals surface area (Å²) in [5, 5.41) is 0. The lowest BCUT2D eigenvalue weighted by Gasteiger charge is -2.19. The molecule has 1 aromatic heterocycles. The van der Waals surface area contributed by atoms with Crippen LogP contribution < -0.4 is 4.74 Å². The maximum atomic E-state index is 12.7. The van der Waals surface area contributed by atoms with Crippen LogP contribution >= 0.6 is 18.9 Å². The van der Waals surface area contributed by atoms with Crippen LogP contribution in [0.3, 0.4) is 0 Å². The lowest BCUT2D eigenvalue weighted by atomic mass is 10.0. The Bertz CT molecular complexity index is 915. The van der Waals surface area contributed by atoms with E-state index in [0.717, 1.165) is 21.7 Å². The van der Waals surface area contributed by atoms with Gasteiger partial charge in [0.25, 0.3) is 0 Å². The number of hydrogen-bond donors (Lipinski definition) is 0. The first-order chi connectivity index (χ1) is 13.5. The zero-order chi connectivity index (χ0) is 20.1. The first kappa shape index (κ1) is 20.7. The molecule has 3 rings (SSSR count). The molecule has 0 radical (unpaired) electrons. The number of rotatable bonds is 10. The Balaban J connectivity index is 1.93. The summed E-state index contributed by atoms with van der Waals surface area (Å²) in [6, 6.07) is 3.32. The van der Waals surface area contributed by atoms with E-state index in [0.29, 0.717) is 17.7 Å². The van der Waals surface area contributed by atoms with Crippen molar-refractivity contribution >= 4 is 24.9 Å². The van der Waals surface area contributed by atoms with Crippen LogP contribution in [0.15, 0.2) is 30.3 Å². The largest absolute Gasteiger partial charge is 0.480 e. The van der Waals surface area contributed by atoms with Crippen LogP contribution in [-0.4, -0.2) is 37.1 Å². The fourth-order valence-electron chi connectivity index (χ4n) is 3.01. The second-order valence-electron chi connectivity index (χ2n) is 5.87. The minimum absolute atomic E-state index is 0.137. The average Bonchev–Trinajstić information content (AvgIpc) is 3.26. The van der Waals surface area contributed by atoms with E-state index in [9.17, 15) is 9.36 Å². The van der Waals surface area contributed by atoms with E-state index in [1.165, 1.54) is 17.4 Å². The topological polar surface area (TPSA) is 84.0 Å². The van der Waals surface area contributed by atoms with Crippen molar-refractivity contribution < 1.29 is 27.9 Å². The molecule has 1 aliphatic rings. The van der Waals surface area contributed by atoms with Gasteiger partial charge < -0.3 is 18.5 Å². The number of carbonyl (C=O) groups is 1. The molecule has 0 fully saturated rings. The van der Waals surface area contributed by atoms with Gasteiger partial charge in [0.2, 0.25) is 0 Å². The molecule has 150 valence electrons. The average molecular weight is 423 g/mol. The number of esters is 1. The zero-order valence-electron chi connectivity index (χ0n) is 15.8. The molecule has 28 heavy (non-hydrogen) atoms. The highest BCUT2D eigenvalue weighted by atomic mass is 32.1. The summed E-state index contributed by atoms with van der Waals surface area (Å²) in [6.07, 6.45) is 1.87. The first-order valence-electron chi connectivity index (χ1n) is 8.90. The van der Waals surface area contributed by atoms with Crippen molar-refractivity contribution in [3.05, 3.63) is 46.3 Å². The third-order valence-corrected chi connectivity index (χ3v) is 6.65. The standard InChI is InChI=1S/C19H22NO6PS/c1-4-9-23-19(21)13-7-8-15(24-12-27(22,25-5-2)26-6-3)17-14(13)10-16-18(17)20-11-28-16/h4,7-8,11H,1,5-6,9-10,12H2,2-3H3. The van der Waals surface area contributed by atoms with Gasteiger partial charge in [-0.25, -0.2) is 9.78 Å². The molecule has 0 saturated heterocycles. The molecular weight excluding hydrogens is 401 g/mol. The highest BCUT2D eigenvalue weighted by molar-refractivity contribution is 7.53. The third kappa shape index (κ3) is 4.20. The van der Waals surface area contributed by atoms with Crippen molar-refractivity contribution in [3.63, 3.8) is 0 Å². The summed E-state index contributed by atoms with van der Waals surface area (Å²) < 4.78 is 34.3. The van der Waals surface area contributed by atoms with E-state index in [-0.39, 0.29) is 26.2 Å². The monoisotopic (exact) mass is 423 g/mol. The first-order valence-corrected chi connectivity index (χ1v) is 11.5. The summed E-state index contributed by atoms with van der Waals surface area (Å²) in [6.45, 7) is 7.69. The van der Waals surface area contributed by atoms with Gasteiger partial charge >= 0.3 is 13.6 Å². The molecule has 0 unspecified atom stereocenters. The Hall–Kier alpha value is -1.99. The quantitative estimate of drug-likeness (QED) is 0.266. The van der Waals surface area contributed by atoms with Crippen LogP contribution in [0.25, 0.3) is 11.3 Å². The van der Waals surface area contributed by atoms with Gasteiger partial charge in [-0.3, -0.25) is 4.57 Å². The molecule has 1 heterocycles. The molecule has 1 aromatic carbocycles. The fourth-order valence-corrected chi connectivity index (χ4v) is 5.09. The summed E-state index contributed by atoms with van der Waals surface area (Å²) in [5.41, 5.74) is 4.52. The van der Waals surface area contributed by atoms with Crippen LogP contribution in [0.5, 0.6) is 5.75 Å². The van der Waals surface area contributed by atoms with Gasteiger partial charge in [-0.05, 0) is 31.5 Å². The molecule has 0 saturated carbocycles. The minimum Gasteiger partial charge on any atom is -0.480 e. The lowest BCUT2D eigenvalue weighted by Crippen LogP contribution is -2.10. The van der Waals surface area contributed by atoms with Crippen LogP contribution in [0.4, 0.5) is 0 Å². The normalized spacial score (nSPS) is 12.4. The Morgan fingerprint density at radius 2 is 2.07 bits per heavy atom. The molecule has 9 heteroatoms. The smallest absolute Gasteiger partial charge is 0.367 e. The Morgan fingerprint density at radius 1 is 1.32 bits per heavy atom. The number of aromatic nitrogens is 1. The maximum absolute atomic E-state index is 12.7. The number of nitrogens with zero attached hydrogens (tertiary/aromatic N) is 1. The summed E-state index contributed by atoms with van der Waals surface area (Å²) in [4.78, 5) is 17.9. The van der Waals surface area contributed by atoms with Gasteiger partial charge in [0.05, 0.1) is 30.0 Å². The second kappa shape index (κ2) is 9.01. The molecule has 0 aliphatic heterocycles. The number of carbonyl (C=O) groups excluding carboxylic acids is 1. The van der Waals surface area contributed by atoms with Gasteiger partial charge in [-0.2, -0.15) is 0 Å². The number of ether oxygens (including phenoxy) is 2. The highest BCUT2D eigenvalue weighted by Crippen LogP contribution is 2.50. The van der Waals surface area contributed by atoms with Gasteiger partial charge in [-0.1, -0.05) is 12.7 Å². The Labute approximate surface area is 167 Å². The molecule has 0 N–H and O–H groups in total. The predicted octanol–water partition coefficient (Wildman–Crippen LogP) is 4.66. The van der Waals surface area contributed by atoms with E-state index < -0.39 is 13.6 Å². The molecule has 1 aliphatic carbocycles. The van der Waals surface area contributed by atoms with E-state index >= 15 is 0 Å². The van der Waals surface area contributed by atoms with Crippen LogP contribution in [-0.2, 0) is 24.8 Å². The fraction of sp³-hybridized carbons (Fsp3) is 0.368. The van der Waals surface area contributed by atoms with Crippen LogP contribution in [0.2, 0.25) is 0 Å². The number of benzene rings is 1. The van der Waals surface area contributed by atoms with Crippen molar-refractivity contribution in [3.8, 4) is 17.0 Å². The summed E-state index contributed by atoms with van der Waals surface area (Å²) >= 11 is 1.52. The van der Waals surface area contributed by atoms with Crippen molar-refractivity contribution in [2.24, 2.45) is 0 Å². The van der Waals surface area contributed by atoms with Gasteiger partial charge in [0.15, 0.2) is 6.35 Å². The molecule has 0 spiro atoms. The minimum atomic E-state index is -3.37. The molecule has 2 aromatic rings. The van der Waals surface area contributed by atoms with Crippen molar-refractivity contribution in [1.29, 1.82) is 0 Å². The molecule has 0 bridgehead atoms. The van der Waals surface area contributed by atoms with E-state index in [4.69, 9.17) is 18.5 Å². The lowest BCUT2D eigenvalue weighted by molar-refractivity contribution is 0.0548. The van der Waals surface area contributed by atoms with E-state index in [2.05, 4.69) is 11.6 Å². The SMILES string of the molecule is C=CCOC(=O)c1ccc(OCP(=O)(OCC)OCC)c2c1Cc1scnc1-2. The van der Waals surface area contributed by atoms with Crippen LogP contribution in [0.1, 0.15) is 34.6 Å². The number of thiazole rings is 1. The Morgan fingerprint density at radius 3 is 2.75 bits per heavy atom.